The molecule has 0 N–H and O–H groups in total. The van der Waals surface area contributed by atoms with E-state index in [1.54, 1.807) is 0 Å². The molecule has 0 amide bonds. The zero-order valence-electron chi connectivity index (χ0n) is 13.0. The Balaban J connectivity index is 2.51. The summed E-state index contributed by atoms with van der Waals surface area (Å²) in [6, 6.07) is 6.08. The third-order valence-corrected chi connectivity index (χ3v) is 3.58. The molecule has 0 aliphatic carbocycles. The van der Waals surface area contributed by atoms with Crippen molar-refractivity contribution in [2.45, 2.75) is 40.5 Å². The molecule has 0 heterocycles. The maximum absolute atomic E-state index is 12.2. The van der Waals surface area contributed by atoms with Crippen LogP contribution in [-0.4, -0.2) is 30.8 Å². The molecule has 0 saturated heterocycles. The molecule has 0 radical (unpaired) electrons. The minimum Gasteiger partial charge on any atom is -0.306 e. The minimum absolute atomic E-state index is 0.253. The molecule has 1 aromatic carbocycles. The summed E-state index contributed by atoms with van der Waals surface area (Å²) in [6.07, 6.45) is 1.80. The van der Waals surface area contributed by atoms with E-state index in [-0.39, 0.29) is 5.78 Å². The summed E-state index contributed by atoms with van der Waals surface area (Å²) in [5, 5.41) is 0. The highest BCUT2D eigenvalue weighted by Crippen LogP contribution is 2.11. The second-order valence-corrected chi connectivity index (χ2v) is 5.83. The Labute approximate surface area is 117 Å². The lowest BCUT2D eigenvalue weighted by Crippen LogP contribution is -2.26. The molecule has 2 nitrogen and oxygen atoms in total. The molecule has 2 heteroatoms. The number of ketones is 1. The van der Waals surface area contributed by atoms with Crippen LogP contribution in [-0.2, 0) is 0 Å². The Morgan fingerprint density at radius 2 is 1.79 bits per heavy atom. The number of benzene rings is 1. The highest BCUT2D eigenvalue weighted by atomic mass is 16.1. The van der Waals surface area contributed by atoms with Gasteiger partial charge in [0.15, 0.2) is 5.78 Å². The van der Waals surface area contributed by atoms with Crippen LogP contribution < -0.4 is 0 Å². The zero-order chi connectivity index (χ0) is 14.4. The molecule has 0 fully saturated rings. The fraction of sp³-hybridized carbons (Fsp3) is 0.588. The van der Waals surface area contributed by atoms with Crippen LogP contribution >= 0.6 is 0 Å². The van der Waals surface area contributed by atoms with Gasteiger partial charge in [-0.15, -0.1) is 0 Å². The van der Waals surface area contributed by atoms with Crippen LogP contribution in [0.1, 0.15) is 48.2 Å². The van der Waals surface area contributed by atoms with Gasteiger partial charge in [-0.1, -0.05) is 37.5 Å². The molecule has 1 atom stereocenters. The molecule has 0 saturated carbocycles. The third kappa shape index (κ3) is 5.56. The van der Waals surface area contributed by atoms with E-state index >= 15 is 0 Å². The molecule has 0 aromatic heterocycles. The average Bonchev–Trinajstić information content (AvgIpc) is 2.34. The molecule has 1 aromatic rings. The van der Waals surface area contributed by atoms with E-state index in [0.29, 0.717) is 12.3 Å². The van der Waals surface area contributed by atoms with Crippen molar-refractivity contribution in [3.63, 3.8) is 0 Å². The summed E-state index contributed by atoms with van der Waals surface area (Å²) in [7, 11) is 2.10. The maximum atomic E-state index is 12.2. The topological polar surface area (TPSA) is 20.3 Å². The van der Waals surface area contributed by atoms with Gasteiger partial charge in [0.25, 0.3) is 0 Å². The summed E-state index contributed by atoms with van der Waals surface area (Å²) in [4.78, 5) is 14.4. The fourth-order valence-electron chi connectivity index (χ4n) is 2.32. The van der Waals surface area contributed by atoms with Crippen LogP contribution in [0.25, 0.3) is 0 Å². The first kappa shape index (κ1) is 15.9. The van der Waals surface area contributed by atoms with Crippen molar-refractivity contribution in [3.05, 3.63) is 34.9 Å². The summed E-state index contributed by atoms with van der Waals surface area (Å²) in [5.74, 6) is 0.948. The fourth-order valence-corrected chi connectivity index (χ4v) is 2.32. The molecule has 0 aliphatic heterocycles. The molecule has 19 heavy (non-hydrogen) atoms. The standard InChI is InChI=1S/C17H27NO/c1-6-13(2)12-18(5)8-7-17(19)16-10-14(3)9-15(4)11-16/h9-11,13H,6-8,12H2,1-5H3. The van der Waals surface area contributed by atoms with E-state index in [2.05, 4.69) is 31.9 Å². The van der Waals surface area contributed by atoms with Crippen LogP contribution in [0.2, 0.25) is 0 Å². The van der Waals surface area contributed by atoms with Gasteiger partial charge in [0, 0.05) is 25.1 Å². The minimum atomic E-state index is 0.253. The van der Waals surface area contributed by atoms with Crippen molar-refractivity contribution in [1.29, 1.82) is 0 Å². The maximum Gasteiger partial charge on any atom is 0.164 e. The Bertz CT molecular complexity index is 405. The average molecular weight is 261 g/mol. The van der Waals surface area contributed by atoms with Gasteiger partial charge >= 0.3 is 0 Å². The van der Waals surface area contributed by atoms with Gasteiger partial charge in [-0.05, 0) is 38.9 Å². The number of nitrogens with zero attached hydrogens (tertiary/aromatic N) is 1. The normalized spacial score (nSPS) is 12.7. The number of hydrogen-bond donors (Lipinski definition) is 0. The molecule has 0 spiro atoms. The summed E-state index contributed by atoms with van der Waals surface area (Å²) in [5.41, 5.74) is 3.18. The van der Waals surface area contributed by atoms with E-state index in [4.69, 9.17) is 0 Å². The lowest BCUT2D eigenvalue weighted by atomic mass is 10.0. The number of rotatable bonds is 7. The molecule has 1 unspecified atom stereocenters. The highest BCUT2D eigenvalue weighted by molar-refractivity contribution is 5.96. The SMILES string of the molecule is CCC(C)CN(C)CCC(=O)c1cc(C)cc(C)c1. The Hall–Kier alpha value is -1.15. The third-order valence-electron chi connectivity index (χ3n) is 3.58. The van der Waals surface area contributed by atoms with Gasteiger partial charge in [-0.2, -0.15) is 0 Å². The zero-order valence-corrected chi connectivity index (χ0v) is 13.0. The van der Waals surface area contributed by atoms with Crippen molar-refractivity contribution in [3.8, 4) is 0 Å². The van der Waals surface area contributed by atoms with E-state index in [1.165, 1.54) is 6.42 Å². The monoisotopic (exact) mass is 261 g/mol. The summed E-state index contributed by atoms with van der Waals surface area (Å²) >= 11 is 0. The van der Waals surface area contributed by atoms with Crippen LogP contribution in [0.4, 0.5) is 0 Å². The van der Waals surface area contributed by atoms with Gasteiger partial charge in [0.05, 0.1) is 0 Å². The highest BCUT2D eigenvalue weighted by Gasteiger charge is 2.10. The summed E-state index contributed by atoms with van der Waals surface area (Å²) < 4.78 is 0. The smallest absolute Gasteiger partial charge is 0.164 e. The molecule has 0 bridgehead atoms. The number of Topliss-reactive ketones (excluding diaryl/α,β-unsaturated/α-hetero) is 1. The first-order valence-corrected chi connectivity index (χ1v) is 7.22. The predicted octanol–water partition coefficient (Wildman–Crippen LogP) is 3.85. The molecular weight excluding hydrogens is 234 g/mol. The van der Waals surface area contributed by atoms with Crippen LogP contribution in [0, 0.1) is 19.8 Å². The first-order valence-electron chi connectivity index (χ1n) is 7.22. The second-order valence-electron chi connectivity index (χ2n) is 5.83. The van der Waals surface area contributed by atoms with Gasteiger partial charge in [0.2, 0.25) is 0 Å². The van der Waals surface area contributed by atoms with Crippen molar-refractivity contribution in [1.82, 2.24) is 4.90 Å². The quantitative estimate of drug-likeness (QED) is 0.695. The molecule has 106 valence electrons. The molecule has 1 rings (SSSR count). The predicted molar refractivity (Wildman–Crippen MR) is 81.8 cm³/mol. The second kappa shape index (κ2) is 7.44. The van der Waals surface area contributed by atoms with Crippen molar-refractivity contribution >= 4 is 5.78 Å². The van der Waals surface area contributed by atoms with E-state index in [9.17, 15) is 4.79 Å². The number of aryl methyl sites for hydroxylation is 2. The van der Waals surface area contributed by atoms with Crippen LogP contribution in [0.5, 0.6) is 0 Å². The first-order chi connectivity index (χ1) is 8.92. The summed E-state index contributed by atoms with van der Waals surface area (Å²) in [6.45, 7) is 10.5. The number of carbonyl (C=O) groups excluding carboxylic acids is 1. The van der Waals surface area contributed by atoms with Crippen molar-refractivity contribution in [2.24, 2.45) is 5.92 Å². The lowest BCUT2D eigenvalue weighted by Gasteiger charge is -2.20. The van der Waals surface area contributed by atoms with Crippen LogP contribution in [0.15, 0.2) is 18.2 Å². The van der Waals surface area contributed by atoms with Crippen LogP contribution in [0.3, 0.4) is 0 Å². The van der Waals surface area contributed by atoms with E-state index in [0.717, 1.165) is 29.8 Å². The van der Waals surface area contributed by atoms with Gasteiger partial charge in [-0.3, -0.25) is 4.79 Å². The van der Waals surface area contributed by atoms with Gasteiger partial charge < -0.3 is 4.90 Å². The Morgan fingerprint density at radius 3 is 2.32 bits per heavy atom. The van der Waals surface area contributed by atoms with Gasteiger partial charge in [-0.25, -0.2) is 0 Å². The van der Waals surface area contributed by atoms with Crippen molar-refractivity contribution < 1.29 is 4.79 Å². The Morgan fingerprint density at radius 1 is 1.21 bits per heavy atom. The molecular formula is C17H27NO. The largest absolute Gasteiger partial charge is 0.306 e. The van der Waals surface area contributed by atoms with E-state index in [1.807, 2.05) is 26.0 Å². The van der Waals surface area contributed by atoms with Gasteiger partial charge in [0.1, 0.15) is 0 Å². The lowest BCUT2D eigenvalue weighted by molar-refractivity contribution is 0.0966. The Kier molecular flexibility index (Phi) is 6.23. The van der Waals surface area contributed by atoms with Crippen molar-refractivity contribution in [2.75, 3.05) is 20.1 Å². The molecule has 0 aliphatic rings. The number of carbonyl (C=O) groups is 1. The number of hydrogen-bond acceptors (Lipinski definition) is 2. The van der Waals surface area contributed by atoms with E-state index < -0.39 is 0 Å².